The van der Waals surface area contributed by atoms with Crippen LogP contribution in [0.15, 0.2) is 66.7 Å². The second-order valence-electron chi connectivity index (χ2n) is 6.55. The Labute approximate surface area is 162 Å². The van der Waals surface area contributed by atoms with Crippen molar-refractivity contribution in [3.05, 3.63) is 72.5 Å². The van der Waals surface area contributed by atoms with Crippen LogP contribution >= 0.6 is 0 Å². The predicted octanol–water partition coefficient (Wildman–Crippen LogP) is 3.64. The number of nitrogens with zero attached hydrogens (tertiary/aromatic N) is 4. The van der Waals surface area contributed by atoms with E-state index < -0.39 is 0 Å². The summed E-state index contributed by atoms with van der Waals surface area (Å²) < 4.78 is 13.0. The number of piperazine rings is 1. The van der Waals surface area contributed by atoms with Crippen molar-refractivity contribution in [1.82, 2.24) is 15.1 Å². The molecule has 142 valence electrons. The molecule has 1 N–H and O–H groups in total. The second-order valence-corrected chi connectivity index (χ2v) is 6.55. The summed E-state index contributed by atoms with van der Waals surface area (Å²) in [5.74, 6) is 0.476. The summed E-state index contributed by atoms with van der Waals surface area (Å²) in [6.07, 6.45) is 0. The number of carbonyl (C=O) groups is 1. The van der Waals surface area contributed by atoms with Crippen LogP contribution in [0.3, 0.4) is 0 Å². The fourth-order valence-corrected chi connectivity index (χ4v) is 3.13. The Balaban J connectivity index is 1.33. The molecule has 2 heterocycles. The van der Waals surface area contributed by atoms with Crippen molar-refractivity contribution in [3.8, 4) is 11.3 Å². The minimum absolute atomic E-state index is 0.184. The molecular weight excluding hydrogens is 357 g/mol. The number of rotatable bonds is 3. The maximum atomic E-state index is 13.0. The van der Waals surface area contributed by atoms with Gasteiger partial charge in [-0.15, -0.1) is 10.2 Å². The van der Waals surface area contributed by atoms with E-state index in [0.29, 0.717) is 31.9 Å². The van der Waals surface area contributed by atoms with Crippen LogP contribution in [0.5, 0.6) is 0 Å². The Morgan fingerprint density at radius 2 is 1.57 bits per heavy atom. The molecule has 0 saturated carbocycles. The average molecular weight is 377 g/mol. The first-order chi connectivity index (χ1) is 13.7. The Kier molecular flexibility index (Phi) is 5.14. The van der Waals surface area contributed by atoms with E-state index >= 15 is 0 Å². The maximum absolute atomic E-state index is 13.0. The molecular formula is C21H20FN5O. The number of urea groups is 1. The molecule has 1 aromatic heterocycles. The normalized spacial score (nSPS) is 14.0. The first-order valence-corrected chi connectivity index (χ1v) is 9.15. The van der Waals surface area contributed by atoms with Gasteiger partial charge in [0.1, 0.15) is 5.82 Å². The molecule has 0 atom stereocenters. The fraction of sp³-hybridized carbons (Fsp3) is 0.190. The zero-order valence-corrected chi connectivity index (χ0v) is 15.3. The van der Waals surface area contributed by atoms with Crippen LogP contribution in [0.25, 0.3) is 11.3 Å². The molecule has 1 fully saturated rings. The van der Waals surface area contributed by atoms with Gasteiger partial charge in [0, 0.05) is 37.4 Å². The largest absolute Gasteiger partial charge is 0.352 e. The van der Waals surface area contributed by atoms with Crippen molar-refractivity contribution in [3.63, 3.8) is 0 Å². The molecule has 7 heteroatoms. The number of carbonyl (C=O) groups excluding carboxylic acids is 1. The van der Waals surface area contributed by atoms with E-state index in [9.17, 15) is 9.18 Å². The minimum atomic E-state index is -0.328. The lowest BCUT2D eigenvalue weighted by Gasteiger charge is -2.35. The highest BCUT2D eigenvalue weighted by atomic mass is 19.1. The highest BCUT2D eigenvalue weighted by Gasteiger charge is 2.22. The summed E-state index contributed by atoms with van der Waals surface area (Å²) in [5, 5.41) is 11.5. The summed E-state index contributed by atoms with van der Waals surface area (Å²) in [7, 11) is 0. The van der Waals surface area contributed by atoms with Crippen LogP contribution < -0.4 is 10.2 Å². The van der Waals surface area contributed by atoms with E-state index in [2.05, 4.69) is 20.4 Å². The number of amides is 2. The van der Waals surface area contributed by atoms with Gasteiger partial charge in [0.15, 0.2) is 5.82 Å². The third-order valence-electron chi connectivity index (χ3n) is 4.71. The predicted molar refractivity (Wildman–Crippen MR) is 107 cm³/mol. The molecule has 28 heavy (non-hydrogen) atoms. The number of halogens is 1. The van der Waals surface area contributed by atoms with E-state index in [1.54, 1.807) is 17.0 Å². The molecule has 4 rings (SSSR count). The fourth-order valence-electron chi connectivity index (χ4n) is 3.13. The SMILES string of the molecule is O=C(Nc1ccc(F)cc1)N1CCN(c2ccc(-c3ccccc3)nn2)CC1. The van der Waals surface area contributed by atoms with Crippen molar-refractivity contribution >= 4 is 17.5 Å². The van der Waals surface area contributed by atoms with Gasteiger partial charge in [-0.1, -0.05) is 30.3 Å². The summed E-state index contributed by atoms with van der Waals surface area (Å²) in [6.45, 7) is 2.51. The molecule has 6 nitrogen and oxygen atoms in total. The van der Waals surface area contributed by atoms with E-state index in [0.717, 1.165) is 17.1 Å². The van der Waals surface area contributed by atoms with Crippen LogP contribution in [-0.2, 0) is 0 Å². The summed E-state index contributed by atoms with van der Waals surface area (Å²) in [4.78, 5) is 16.2. The Morgan fingerprint density at radius 1 is 0.857 bits per heavy atom. The number of aromatic nitrogens is 2. The molecule has 2 aromatic carbocycles. The number of hydrogen-bond acceptors (Lipinski definition) is 4. The van der Waals surface area contributed by atoms with Gasteiger partial charge in [0.2, 0.25) is 0 Å². The third kappa shape index (κ3) is 4.09. The van der Waals surface area contributed by atoms with Crippen molar-refractivity contribution in [2.24, 2.45) is 0 Å². The van der Waals surface area contributed by atoms with Crippen LogP contribution in [0.2, 0.25) is 0 Å². The lowest BCUT2D eigenvalue weighted by atomic mass is 10.1. The van der Waals surface area contributed by atoms with Crippen molar-refractivity contribution in [2.75, 3.05) is 36.4 Å². The van der Waals surface area contributed by atoms with Crippen LogP contribution in [-0.4, -0.2) is 47.3 Å². The average Bonchev–Trinajstić information content (AvgIpc) is 2.76. The summed E-state index contributed by atoms with van der Waals surface area (Å²) in [5.41, 5.74) is 2.45. The van der Waals surface area contributed by atoms with Gasteiger partial charge in [0.05, 0.1) is 5.69 Å². The molecule has 1 saturated heterocycles. The zero-order valence-electron chi connectivity index (χ0n) is 15.3. The number of benzene rings is 2. The van der Waals surface area contributed by atoms with Crippen LogP contribution in [0, 0.1) is 5.82 Å². The standard InChI is InChI=1S/C21H20FN5O/c22-17-6-8-18(9-7-17)23-21(28)27-14-12-26(13-15-27)20-11-10-19(24-25-20)16-4-2-1-3-5-16/h1-11H,12-15H2,(H,23,28). The van der Waals surface area contributed by atoms with E-state index in [1.165, 1.54) is 12.1 Å². The first kappa shape index (κ1) is 17.9. The van der Waals surface area contributed by atoms with Gasteiger partial charge in [-0.25, -0.2) is 9.18 Å². The second kappa shape index (κ2) is 8.04. The molecule has 2 amide bonds. The van der Waals surface area contributed by atoms with Gasteiger partial charge < -0.3 is 15.1 Å². The van der Waals surface area contributed by atoms with Gasteiger partial charge in [-0.2, -0.15) is 0 Å². The quantitative estimate of drug-likeness (QED) is 0.757. The topological polar surface area (TPSA) is 61.4 Å². The maximum Gasteiger partial charge on any atom is 0.321 e. The van der Waals surface area contributed by atoms with Gasteiger partial charge >= 0.3 is 6.03 Å². The smallest absolute Gasteiger partial charge is 0.321 e. The van der Waals surface area contributed by atoms with Gasteiger partial charge in [-0.05, 0) is 36.4 Å². The Bertz CT molecular complexity index is 923. The first-order valence-electron chi connectivity index (χ1n) is 9.15. The van der Waals surface area contributed by atoms with Crippen LogP contribution in [0.1, 0.15) is 0 Å². The van der Waals surface area contributed by atoms with Gasteiger partial charge in [0.25, 0.3) is 0 Å². The zero-order chi connectivity index (χ0) is 19.3. The molecule has 0 bridgehead atoms. The molecule has 1 aliphatic rings. The highest BCUT2D eigenvalue weighted by Crippen LogP contribution is 2.19. The molecule has 0 aliphatic carbocycles. The van der Waals surface area contributed by atoms with E-state index in [4.69, 9.17) is 0 Å². The monoisotopic (exact) mass is 377 g/mol. The molecule has 3 aromatic rings. The number of anilines is 2. The van der Waals surface area contributed by atoms with Gasteiger partial charge in [-0.3, -0.25) is 0 Å². The van der Waals surface area contributed by atoms with Crippen molar-refractivity contribution in [2.45, 2.75) is 0 Å². The van der Waals surface area contributed by atoms with E-state index in [-0.39, 0.29) is 11.8 Å². The van der Waals surface area contributed by atoms with Crippen molar-refractivity contribution < 1.29 is 9.18 Å². The lowest BCUT2D eigenvalue weighted by Crippen LogP contribution is -2.50. The molecule has 0 spiro atoms. The molecule has 0 unspecified atom stereocenters. The van der Waals surface area contributed by atoms with E-state index in [1.807, 2.05) is 42.5 Å². The highest BCUT2D eigenvalue weighted by molar-refractivity contribution is 5.89. The molecule has 1 aliphatic heterocycles. The minimum Gasteiger partial charge on any atom is -0.352 e. The lowest BCUT2D eigenvalue weighted by molar-refractivity contribution is 0.208. The number of hydrogen-bond donors (Lipinski definition) is 1. The van der Waals surface area contributed by atoms with Crippen LogP contribution in [0.4, 0.5) is 20.7 Å². The summed E-state index contributed by atoms with van der Waals surface area (Å²) >= 11 is 0. The van der Waals surface area contributed by atoms with Crippen molar-refractivity contribution in [1.29, 1.82) is 0 Å². The number of nitrogens with one attached hydrogen (secondary N) is 1. The Morgan fingerprint density at radius 3 is 2.21 bits per heavy atom. The third-order valence-corrected chi connectivity index (χ3v) is 4.71. The Hall–Kier alpha value is -3.48. The molecule has 0 radical (unpaired) electrons. The summed E-state index contributed by atoms with van der Waals surface area (Å²) in [6, 6.07) is 19.4.